The number of benzene rings is 1. The van der Waals surface area contributed by atoms with Crippen LogP contribution < -0.4 is 5.32 Å². The summed E-state index contributed by atoms with van der Waals surface area (Å²) < 4.78 is 1.03. The molecule has 1 aliphatic rings. The molecule has 1 saturated heterocycles. The Morgan fingerprint density at radius 3 is 2.57 bits per heavy atom. The van der Waals surface area contributed by atoms with E-state index in [1.807, 2.05) is 13.1 Å². The lowest BCUT2D eigenvalue weighted by molar-refractivity contribution is 0.128. The predicted molar refractivity (Wildman–Crippen MR) is 95.0 cm³/mol. The summed E-state index contributed by atoms with van der Waals surface area (Å²) >= 11 is 9.84. The lowest BCUT2D eigenvalue weighted by Gasteiger charge is -2.37. The van der Waals surface area contributed by atoms with E-state index in [1.54, 1.807) is 0 Å². The van der Waals surface area contributed by atoms with Gasteiger partial charge < -0.3 is 10.2 Å². The standard InChI is InChI=1S/C17H26BrClN2/c1-17(2)7-10-21(11-8-17)9-6-16(20-3)14-5-4-13(18)12-15(14)19/h4-5,12,16,20H,6-11H2,1-3H3. The van der Waals surface area contributed by atoms with Gasteiger partial charge in [-0.3, -0.25) is 0 Å². The van der Waals surface area contributed by atoms with E-state index in [4.69, 9.17) is 11.6 Å². The topological polar surface area (TPSA) is 15.3 Å². The molecule has 0 radical (unpaired) electrons. The van der Waals surface area contributed by atoms with Crippen molar-refractivity contribution in [1.29, 1.82) is 0 Å². The van der Waals surface area contributed by atoms with Gasteiger partial charge in [-0.2, -0.15) is 0 Å². The lowest BCUT2D eigenvalue weighted by atomic mass is 9.82. The second-order valence-electron chi connectivity index (χ2n) is 6.80. The second-order valence-corrected chi connectivity index (χ2v) is 8.12. The molecule has 0 bridgehead atoms. The first-order valence-electron chi connectivity index (χ1n) is 7.76. The van der Waals surface area contributed by atoms with E-state index in [9.17, 15) is 0 Å². The number of likely N-dealkylation sites (tertiary alicyclic amines) is 1. The first-order valence-corrected chi connectivity index (χ1v) is 8.93. The molecule has 0 aliphatic carbocycles. The van der Waals surface area contributed by atoms with Crippen LogP contribution in [0.15, 0.2) is 22.7 Å². The van der Waals surface area contributed by atoms with Gasteiger partial charge in [0, 0.05) is 15.5 Å². The minimum Gasteiger partial charge on any atom is -0.313 e. The largest absolute Gasteiger partial charge is 0.313 e. The van der Waals surface area contributed by atoms with Crippen LogP contribution in [0.5, 0.6) is 0 Å². The van der Waals surface area contributed by atoms with Gasteiger partial charge in [0.25, 0.3) is 0 Å². The molecule has 21 heavy (non-hydrogen) atoms. The number of halogens is 2. The van der Waals surface area contributed by atoms with E-state index in [0.29, 0.717) is 11.5 Å². The first-order chi connectivity index (χ1) is 9.91. The maximum atomic E-state index is 6.38. The highest BCUT2D eigenvalue weighted by Gasteiger charge is 2.25. The monoisotopic (exact) mass is 372 g/mol. The predicted octanol–water partition coefficient (Wildman–Crippen LogP) is 4.88. The van der Waals surface area contributed by atoms with Crippen molar-refractivity contribution in [2.75, 3.05) is 26.7 Å². The van der Waals surface area contributed by atoms with Crippen molar-refractivity contribution in [3.8, 4) is 0 Å². The first kappa shape index (κ1) is 17.3. The summed E-state index contributed by atoms with van der Waals surface area (Å²) in [5.41, 5.74) is 1.72. The van der Waals surface area contributed by atoms with Crippen LogP contribution in [-0.2, 0) is 0 Å². The summed E-state index contributed by atoms with van der Waals surface area (Å²) in [4.78, 5) is 2.59. The molecular weight excluding hydrogens is 348 g/mol. The van der Waals surface area contributed by atoms with E-state index in [2.05, 4.69) is 52.1 Å². The molecule has 1 atom stereocenters. The lowest BCUT2D eigenvalue weighted by Crippen LogP contribution is -2.38. The number of hydrogen-bond donors (Lipinski definition) is 1. The van der Waals surface area contributed by atoms with Gasteiger partial charge in [0.2, 0.25) is 0 Å². The molecule has 0 saturated carbocycles. The summed E-state index contributed by atoms with van der Waals surface area (Å²) in [7, 11) is 2.02. The highest BCUT2D eigenvalue weighted by molar-refractivity contribution is 9.10. The van der Waals surface area contributed by atoms with Crippen LogP contribution in [0, 0.1) is 5.41 Å². The molecule has 1 unspecified atom stereocenters. The zero-order valence-corrected chi connectivity index (χ0v) is 15.6. The van der Waals surface area contributed by atoms with Crippen molar-refractivity contribution in [2.24, 2.45) is 5.41 Å². The number of nitrogens with one attached hydrogen (secondary N) is 1. The van der Waals surface area contributed by atoms with Crippen molar-refractivity contribution in [3.05, 3.63) is 33.3 Å². The molecule has 4 heteroatoms. The second kappa shape index (κ2) is 7.45. The number of nitrogens with zero attached hydrogens (tertiary/aromatic N) is 1. The maximum absolute atomic E-state index is 6.38. The van der Waals surface area contributed by atoms with Crippen LogP contribution in [0.25, 0.3) is 0 Å². The maximum Gasteiger partial charge on any atom is 0.0465 e. The van der Waals surface area contributed by atoms with Crippen LogP contribution in [-0.4, -0.2) is 31.6 Å². The van der Waals surface area contributed by atoms with Gasteiger partial charge in [0.05, 0.1) is 0 Å². The Kier molecular flexibility index (Phi) is 6.13. The SMILES string of the molecule is CNC(CCN1CCC(C)(C)CC1)c1ccc(Br)cc1Cl. The van der Waals surface area contributed by atoms with Crippen LogP contribution in [0.1, 0.15) is 44.7 Å². The molecule has 1 fully saturated rings. The van der Waals surface area contributed by atoms with E-state index in [0.717, 1.165) is 22.5 Å². The van der Waals surface area contributed by atoms with Crippen LogP contribution in [0.4, 0.5) is 0 Å². The van der Waals surface area contributed by atoms with Crippen molar-refractivity contribution in [2.45, 2.75) is 39.2 Å². The Morgan fingerprint density at radius 2 is 2.00 bits per heavy atom. The number of hydrogen-bond acceptors (Lipinski definition) is 2. The van der Waals surface area contributed by atoms with E-state index in [1.165, 1.54) is 31.5 Å². The van der Waals surface area contributed by atoms with E-state index in [-0.39, 0.29) is 0 Å². The molecule has 0 aromatic heterocycles. The molecule has 118 valence electrons. The molecule has 1 aromatic carbocycles. The average Bonchev–Trinajstić information content (AvgIpc) is 2.42. The highest BCUT2D eigenvalue weighted by Crippen LogP contribution is 2.31. The average molecular weight is 374 g/mol. The fraction of sp³-hybridized carbons (Fsp3) is 0.647. The van der Waals surface area contributed by atoms with Gasteiger partial charge >= 0.3 is 0 Å². The van der Waals surface area contributed by atoms with Gasteiger partial charge in [-0.05, 0) is 69.1 Å². The summed E-state index contributed by atoms with van der Waals surface area (Å²) in [5.74, 6) is 0. The Morgan fingerprint density at radius 1 is 1.33 bits per heavy atom. The van der Waals surface area contributed by atoms with Crippen LogP contribution in [0.3, 0.4) is 0 Å². The number of rotatable bonds is 5. The molecule has 2 rings (SSSR count). The van der Waals surface area contributed by atoms with Crippen LogP contribution in [0.2, 0.25) is 5.02 Å². The minimum absolute atomic E-state index is 0.320. The molecule has 0 spiro atoms. The van der Waals surface area contributed by atoms with E-state index >= 15 is 0 Å². The van der Waals surface area contributed by atoms with Gasteiger partial charge in [-0.25, -0.2) is 0 Å². The van der Waals surface area contributed by atoms with Crippen molar-refractivity contribution in [3.63, 3.8) is 0 Å². The van der Waals surface area contributed by atoms with Gasteiger partial charge in [0.1, 0.15) is 0 Å². The summed E-state index contributed by atoms with van der Waals surface area (Å²) in [6, 6.07) is 6.48. The van der Waals surface area contributed by atoms with Gasteiger partial charge in [-0.15, -0.1) is 0 Å². The van der Waals surface area contributed by atoms with E-state index < -0.39 is 0 Å². The van der Waals surface area contributed by atoms with Crippen molar-refractivity contribution in [1.82, 2.24) is 10.2 Å². The third-order valence-corrected chi connectivity index (χ3v) is 5.45. The molecule has 1 N–H and O–H groups in total. The molecule has 1 heterocycles. The third-order valence-electron chi connectivity index (χ3n) is 4.63. The van der Waals surface area contributed by atoms with Crippen LogP contribution >= 0.6 is 27.5 Å². The molecule has 2 nitrogen and oxygen atoms in total. The Bertz CT molecular complexity index is 466. The summed E-state index contributed by atoms with van der Waals surface area (Å²) in [6.45, 7) is 8.33. The Labute approximate surface area is 142 Å². The summed E-state index contributed by atoms with van der Waals surface area (Å²) in [5, 5.41) is 4.24. The number of piperidine rings is 1. The summed E-state index contributed by atoms with van der Waals surface area (Å²) in [6.07, 6.45) is 3.70. The normalized spacial score (nSPS) is 20.4. The molecule has 1 aliphatic heterocycles. The molecule has 0 amide bonds. The fourth-order valence-electron chi connectivity index (χ4n) is 2.93. The quantitative estimate of drug-likeness (QED) is 0.791. The highest BCUT2D eigenvalue weighted by atomic mass is 79.9. The smallest absolute Gasteiger partial charge is 0.0465 e. The van der Waals surface area contributed by atoms with Crippen molar-refractivity contribution >= 4 is 27.5 Å². The van der Waals surface area contributed by atoms with Gasteiger partial charge in [-0.1, -0.05) is 47.4 Å². The minimum atomic E-state index is 0.320. The Hall–Kier alpha value is -0.0900. The Balaban J connectivity index is 1.91. The molecule has 1 aromatic rings. The zero-order valence-electron chi connectivity index (χ0n) is 13.3. The fourth-order valence-corrected chi connectivity index (χ4v) is 3.74. The molecular formula is C17H26BrClN2. The zero-order chi connectivity index (χ0) is 15.5. The third kappa shape index (κ3) is 4.95. The van der Waals surface area contributed by atoms with Crippen molar-refractivity contribution < 1.29 is 0 Å². The van der Waals surface area contributed by atoms with Gasteiger partial charge in [0.15, 0.2) is 0 Å².